The number of halogens is 2. The Bertz CT molecular complexity index is 365. The second-order valence-corrected chi connectivity index (χ2v) is 5.01. The van der Waals surface area contributed by atoms with Crippen LogP contribution in [0, 0.1) is 12.8 Å². The second-order valence-electron chi connectivity index (χ2n) is 5.01. The molecule has 0 nitrogen and oxygen atoms in total. The van der Waals surface area contributed by atoms with Crippen molar-refractivity contribution in [3.8, 4) is 0 Å². The minimum absolute atomic E-state index is 0.175. The summed E-state index contributed by atoms with van der Waals surface area (Å²) >= 11 is 0. The van der Waals surface area contributed by atoms with Crippen LogP contribution in [0.4, 0.5) is 8.78 Å². The first kappa shape index (κ1) is 13.1. The SMILES string of the molecule is Cc1ccc(C(C)C)cc1C(F)(F)C(C)C. The summed E-state index contributed by atoms with van der Waals surface area (Å²) in [5, 5.41) is 0. The molecule has 0 aliphatic rings. The standard InChI is InChI=1S/C14H20F2/c1-9(2)12-7-6-11(5)13(8-12)14(15,16)10(3)4/h6-10H,1-5H3. The van der Waals surface area contributed by atoms with Crippen LogP contribution in [0.2, 0.25) is 0 Å². The molecule has 0 heterocycles. The normalized spacial score (nSPS) is 12.6. The van der Waals surface area contributed by atoms with Gasteiger partial charge in [0.25, 0.3) is 5.92 Å². The van der Waals surface area contributed by atoms with Crippen molar-refractivity contribution in [2.24, 2.45) is 5.92 Å². The lowest BCUT2D eigenvalue weighted by Crippen LogP contribution is -2.22. The summed E-state index contributed by atoms with van der Waals surface area (Å²) in [5.74, 6) is -3.13. The van der Waals surface area contributed by atoms with E-state index in [0.717, 1.165) is 5.56 Å². The van der Waals surface area contributed by atoms with Gasteiger partial charge in [0.15, 0.2) is 0 Å². The molecule has 1 rings (SSSR count). The quantitative estimate of drug-likeness (QED) is 0.690. The van der Waals surface area contributed by atoms with E-state index in [2.05, 4.69) is 0 Å². The fourth-order valence-corrected chi connectivity index (χ4v) is 1.67. The first-order valence-corrected chi connectivity index (χ1v) is 5.75. The molecule has 90 valence electrons. The second kappa shape index (κ2) is 4.52. The summed E-state index contributed by atoms with van der Waals surface area (Å²) in [4.78, 5) is 0. The zero-order valence-corrected chi connectivity index (χ0v) is 10.6. The molecule has 1 aromatic rings. The van der Waals surface area contributed by atoms with Crippen molar-refractivity contribution in [1.29, 1.82) is 0 Å². The summed E-state index contributed by atoms with van der Waals surface area (Å²) in [7, 11) is 0. The molecule has 0 N–H and O–H groups in total. The zero-order chi connectivity index (χ0) is 12.5. The highest BCUT2D eigenvalue weighted by Gasteiger charge is 2.36. The molecule has 0 atom stereocenters. The molecular weight excluding hydrogens is 206 g/mol. The molecule has 0 aliphatic heterocycles. The third-order valence-corrected chi connectivity index (χ3v) is 3.01. The molecule has 1 aromatic carbocycles. The van der Waals surface area contributed by atoms with Gasteiger partial charge in [-0.3, -0.25) is 0 Å². The largest absolute Gasteiger partial charge is 0.275 e. The molecule has 0 aromatic heterocycles. The Labute approximate surface area is 96.7 Å². The van der Waals surface area contributed by atoms with Crippen molar-refractivity contribution < 1.29 is 8.78 Å². The molecule has 0 unspecified atom stereocenters. The number of rotatable bonds is 3. The van der Waals surface area contributed by atoms with E-state index in [0.29, 0.717) is 5.56 Å². The highest BCUT2D eigenvalue weighted by Crippen LogP contribution is 2.38. The van der Waals surface area contributed by atoms with E-state index in [-0.39, 0.29) is 11.5 Å². The maximum atomic E-state index is 14.0. The van der Waals surface area contributed by atoms with Crippen LogP contribution in [0.3, 0.4) is 0 Å². The van der Waals surface area contributed by atoms with E-state index >= 15 is 0 Å². The van der Waals surface area contributed by atoms with Gasteiger partial charge in [0.1, 0.15) is 0 Å². The maximum Gasteiger partial charge on any atom is 0.275 e. The van der Waals surface area contributed by atoms with Gasteiger partial charge in [-0.05, 0) is 30.0 Å². The molecule has 0 fully saturated rings. The average Bonchev–Trinajstić information content (AvgIpc) is 2.17. The summed E-state index contributed by atoms with van der Waals surface area (Å²) in [5.41, 5.74) is 1.82. The lowest BCUT2D eigenvalue weighted by atomic mass is 9.90. The number of hydrogen-bond donors (Lipinski definition) is 0. The minimum Gasteiger partial charge on any atom is -0.201 e. The van der Waals surface area contributed by atoms with Gasteiger partial charge in [0.05, 0.1) is 0 Å². The molecule has 0 saturated heterocycles. The molecule has 0 aliphatic carbocycles. The van der Waals surface area contributed by atoms with E-state index in [9.17, 15) is 8.78 Å². The van der Waals surface area contributed by atoms with Gasteiger partial charge in [-0.1, -0.05) is 39.8 Å². The highest BCUT2D eigenvalue weighted by atomic mass is 19.3. The van der Waals surface area contributed by atoms with Gasteiger partial charge in [0.2, 0.25) is 0 Å². The van der Waals surface area contributed by atoms with Gasteiger partial charge in [-0.2, -0.15) is 0 Å². The van der Waals surface area contributed by atoms with Gasteiger partial charge in [-0.25, -0.2) is 8.78 Å². The molecule has 0 radical (unpaired) electrons. The topological polar surface area (TPSA) is 0 Å². The van der Waals surface area contributed by atoms with E-state index in [1.54, 1.807) is 32.9 Å². The predicted octanol–water partition coefficient (Wildman–Crippen LogP) is 4.87. The van der Waals surface area contributed by atoms with Crippen LogP contribution in [-0.4, -0.2) is 0 Å². The number of hydrogen-bond acceptors (Lipinski definition) is 0. The first-order valence-electron chi connectivity index (χ1n) is 5.75. The molecule has 2 heteroatoms. The first-order chi connectivity index (χ1) is 7.26. The molecule has 0 bridgehead atoms. The third kappa shape index (κ3) is 2.42. The monoisotopic (exact) mass is 226 g/mol. The number of aryl methyl sites for hydroxylation is 1. The number of alkyl halides is 2. The van der Waals surface area contributed by atoms with E-state index < -0.39 is 11.8 Å². The van der Waals surface area contributed by atoms with Crippen molar-refractivity contribution in [2.45, 2.75) is 46.5 Å². The van der Waals surface area contributed by atoms with Gasteiger partial charge in [-0.15, -0.1) is 0 Å². The maximum absolute atomic E-state index is 14.0. The fraction of sp³-hybridized carbons (Fsp3) is 0.571. The molecular formula is C14H20F2. The van der Waals surface area contributed by atoms with E-state index in [1.807, 2.05) is 19.9 Å². The van der Waals surface area contributed by atoms with Crippen LogP contribution in [0.25, 0.3) is 0 Å². The van der Waals surface area contributed by atoms with Crippen molar-refractivity contribution in [3.05, 3.63) is 34.9 Å². The van der Waals surface area contributed by atoms with Crippen molar-refractivity contribution in [2.75, 3.05) is 0 Å². The smallest absolute Gasteiger partial charge is 0.201 e. The van der Waals surface area contributed by atoms with Gasteiger partial charge >= 0.3 is 0 Å². The van der Waals surface area contributed by atoms with Crippen LogP contribution in [0.15, 0.2) is 18.2 Å². The Morgan fingerprint density at radius 2 is 1.62 bits per heavy atom. The van der Waals surface area contributed by atoms with Crippen LogP contribution >= 0.6 is 0 Å². The molecule has 0 spiro atoms. The Morgan fingerprint density at radius 3 is 2.06 bits per heavy atom. The average molecular weight is 226 g/mol. The Morgan fingerprint density at radius 1 is 1.06 bits per heavy atom. The van der Waals surface area contributed by atoms with Crippen LogP contribution in [0.1, 0.15) is 50.3 Å². The lowest BCUT2D eigenvalue weighted by Gasteiger charge is -2.24. The summed E-state index contributed by atoms with van der Waals surface area (Å²) in [6.45, 7) is 8.89. The number of benzene rings is 1. The van der Waals surface area contributed by atoms with Gasteiger partial charge in [0, 0.05) is 11.5 Å². The Kier molecular flexibility index (Phi) is 3.72. The van der Waals surface area contributed by atoms with Crippen molar-refractivity contribution >= 4 is 0 Å². The highest BCUT2D eigenvalue weighted by molar-refractivity contribution is 5.35. The molecule has 0 saturated carbocycles. The summed E-state index contributed by atoms with van der Waals surface area (Å²) < 4.78 is 28.0. The van der Waals surface area contributed by atoms with E-state index in [1.165, 1.54) is 0 Å². The van der Waals surface area contributed by atoms with Crippen molar-refractivity contribution in [1.82, 2.24) is 0 Å². The predicted molar refractivity (Wildman–Crippen MR) is 64.0 cm³/mol. The van der Waals surface area contributed by atoms with E-state index in [4.69, 9.17) is 0 Å². The fourth-order valence-electron chi connectivity index (χ4n) is 1.67. The van der Waals surface area contributed by atoms with Gasteiger partial charge < -0.3 is 0 Å². The Balaban J connectivity index is 3.27. The summed E-state index contributed by atoms with van der Waals surface area (Å²) in [6.07, 6.45) is 0. The molecule has 16 heavy (non-hydrogen) atoms. The third-order valence-electron chi connectivity index (χ3n) is 3.01. The summed E-state index contributed by atoms with van der Waals surface area (Å²) in [6, 6.07) is 5.38. The van der Waals surface area contributed by atoms with Crippen molar-refractivity contribution in [3.63, 3.8) is 0 Å². The van der Waals surface area contributed by atoms with Crippen LogP contribution < -0.4 is 0 Å². The Hall–Kier alpha value is -0.920. The minimum atomic E-state index is -2.74. The molecule has 0 amide bonds. The lowest BCUT2D eigenvalue weighted by molar-refractivity contribution is -0.0519. The zero-order valence-electron chi connectivity index (χ0n) is 10.6. The van der Waals surface area contributed by atoms with Crippen LogP contribution in [-0.2, 0) is 5.92 Å². The van der Waals surface area contributed by atoms with Crippen LogP contribution in [0.5, 0.6) is 0 Å².